The molecular formula is C57H38O. The molecule has 0 amide bonds. The highest BCUT2D eigenvalue weighted by Crippen LogP contribution is 2.54. The van der Waals surface area contributed by atoms with E-state index in [1.165, 1.54) is 110 Å². The van der Waals surface area contributed by atoms with Crippen molar-refractivity contribution >= 4 is 54.1 Å². The zero-order valence-corrected chi connectivity index (χ0v) is 32.4. The maximum atomic E-state index is 6.55. The van der Waals surface area contributed by atoms with Crippen LogP contribution in [0.3, 0.4) is 0 Å². The van der Waals surface area contributed by atoms with Gasteiger partial charge in [-0.1, -0.05) is 178 Å². The molecule has 1 aliphatic carbocycles. The van der Waals surface area contributed by atoms with E-state index in [0.717, 1.165) is 11.3 Å². The maximum Gasteiger partial charge on any atom is 0.139 e. The van der Waals surface area contributed by atoms with Crippen molar-refractivity contribution in [3.05, 3.63) is 205 Å². The van der Waals surface area contributed by atoms with Crippen molar-refractivity contribution in [2.45, 2.75) is 19.3 Å². The molecule has 0 aliphatic heterocycles. The molecule has 10 aromatic carbocycles. The molecule has 0 radical (unpaired) electrons. The van der Waals surface area contributed by atoms with Gasteiger partial charge in [0.25, 0.3) is 0 Å². The van der Waals surface area contributed by atoms with Crippen molar-refractivity contribution < 1.29 is 4.42 Å². The zero-order valence-electron chi connectivity index (χ0n) is 32.4. The van der Waals surface area contributed by atoms with Crippen LogP contribution in [0.25, 0.3) is 110 Å². The third-order valence-corrected chi connectivity index (χ3v) is 12.8. The summed E-state index contributed by atoms with van der Waals surface area (Å²) < 4.78 is 6.55. The van der Waals surface area contributed by atoms with Gasteiger partial charge < -0.3 is 4.42 Å². The summed E-state index contributed by atoms with van der Waals surface area (Å²) in [6.07, 6.45) is 0. The molecule has 1 heterocycles. The van der Waals surface area contributed by atoms with Crippen LogP contribution in [0.4, 0.5) is 0 Å². The third kappa shape index (κ3) is 4.77. The highest BCUT2D eigenvalue weighted by Gasteiger charge is 2.40. The fourth-order valence-electron chi connectivity index (χ4n) is 10.2. The first-order valence-corrected chi connectivity index (χ1v) is 20.3. The molecule has 11 aromatic rings. The Kier molecular flexibility index (Phi) is 7.04. The quantitative estimate of drug-likeness (QED) is 0.164. The summed E-state index contributed by atoms with van der Waals surface area (Å²) >= 11 is 0. The van der Waals surface area contributed by atoms with Crippen LogP contribution in [0.15, 0.2) is 199 Å². The van der Waals surface area contributed by atoms with Gasteiger partial charge in [-0.05, 0) is 123 Å². The Hall–Kier alpha value is -7.22. The van der Waals surface area contributed by atoms with Gasteiger partial charge in [-0.25, -0.2) is 0 Å². The lowest BCUT2D eigenvalue weighted by Gasteiger charge is -2.23. The molecule has 1 nitrogen and oxygen atoms in total. The lowest BCUT2D eigenvalue weighted by atomic mass is 9.79. The molecule has 272 valence electrons. The van der Waals surface area contributed by atoms with Gasteiger partial charge >= 0.3 is 0 Å². The SMILES string of the molecule is CC1(C)c2cc(-c3c4ccccc4c(-c4cc(-c5cccc6ccccc56)cc(-c5cccc6ccccc56)c4)c4ccccc34)ccc2-c2oc3ccccc3c21. The number of para-hydroxylation sites is 1. The lowest BCUT2D eigenvalue weighted by molar-refractivity contribution is 0.619. The Bertz CT molecular complexity index is 3320. The van der Waals surface area contributed by atoms with E-state index in [2.05, 4.69) is 208 Å². The molecule has 58 heavy (non-hydrogen) atoms. The fraction of sp³-hybridized carbons (Fsp3) is 0.0526. The summed E-state index contributed by atoms with van der Waals surface area (Å²) in [5.41, 5.74) is 14.4. The number of benzene rings is 10. The number of furan rings is 1. The molecule has 0 saturated heterocycles. The zero-order chi connectivity index (χ0) is 38.5. The van der Waals surface area contributed by atoms with Gasteiger partial charge in [0.1, 0.15) is 11.3 Å². The van der Waals surface area contributed by atoms with Crippen molar-refractivity contribution in [1.29, 1.82) is 0 Å². The number of hydrogen-bond acceptors (Lipinski definition) is 1. The predicted molar refractivity (Wildman–Crippen MR) is 246 cm³/mol. The Labute approximate surface area is 337 Å². The predicted octanol–water partition coefficient (Wildman–Crippen LogP) is 16.0. The molecule has 1 heteroatoms. The van der Waals surface area contributed by atoms with Crippen molar-refractivity contribution in [2.75, 3.05) is 0 Å². The number of hydrogen-bond donors (Lipinski definition) is 0. The average Bonchev–Trinajstić information content (AvgIpc) is 3.77. The molecule has 1 aromatic heterocycles. The second-order valence-electron chi connectivity index (χ2n) is 16.4. The van der Waals surface area contributed by atoms with E-state index in [0.29, 0.717) is 0 Å². The standard InChI is InChI=1S/C57H38O/c1-57(2)51-34-37(29-30-49(51)56-55(57)50-25-11-12-28-52(50)58-56)53-45-21-7-9-23-47(45)54(48-24-10-8-22-46(48)53)40-32-38(43-26-13-17-35-15-3-5-19-41(35)43)31-39(33-40)44-27-14-18-36-16-4-6-20-42(36)44/h3-34H,1-2H3. The van der Waals surface area contributed by atoms with Crippen LogP contribution in [0.2, 0.25) is 0 Å². The summed E-state index contributed by atoms with van der Waals surface area (Å²) in [5.74, 6) is 1.01. The van der Waals surface area contributed by atoms with Gasteiger partial charge in [-0.3, -0.25) is 0 Å². The van der Waals surface area contributed by atoms with Crippen molar-refractivity contribution in [1.82, 2.24) is 0 Å². The van der Waals surface area contributed by atoms with E-state index in [1.807, 2.05) is 0 Å². The van der Waals surface area contributed by atoms with Crippen LogP contribution < -0.4 is 0 Å². The molecule has 0 atom stereocenters. The minimum atomic E-state index is -0.209. The normalized spacial score (nSPS) is 13.1. The fourth-order valence-corrected chi connectivity index (χ4v) is 10.2. The highest BCUT2D eigenvalue weighted by molar-refractivity contribution is 6.22. The highest BCUT2D eigenvalue weighted by atomic mass is 16.3. The molecule has 0 fully saturated rings. The third-order valence-electron chi connectivity index (χ3n) is 12.8. The Morgan fingerprint density at radius 3 is 1.36 bits per heavy atom. The first-order chi connectivity index (χ1) is 28.5. The van der Waals surface area contributed by atoms with Gasteiger partial charge in [-0.2, -0.15) is 0 Å². The second kappa shape index (κ2) is 12.4. The van der Waals surface area contributed by atoms with Gasteiger partial charge in [-0.15, -0.1) is 0 Å². The molecule has 1 aliphatic rings. The molecule has 0 N–H and O–H groups in total. The first kappa shape index (κ1) is 33.0. The van der Waals surface area contributed by atoms with Gasteiger partial charge in [0.05, 0.1) is 0 Å². The second-order valence-corrected chi connectivity index (χ2v) is 16.4. The van der Waals surface area contributed by atoms with E-state index >= 15 is 0 Å². The van der Waals surface area contributed by atoms with E-state index in [4.69, 9.17) is 4.42 Å². The molecule has 0 saturated carbocycles. The molecule has 0 spiro atoms. The minimum Gasteiger partial charge on any atom is -0.456 e. The van der Waals surface area contributed by atoms with Crippen molar-refractivity contribution in [3.63, 3.8) is 0 Å². The van der Waals surface area contributed by atoms with Gasteiger partial charge in [0, 0.05) is 21.9 Å². The monoisotopic (exact) mass is 738 g/mol. The molecule has 0 bridgehead atoms. The van der Waals surface area contributed by atoms with Gasteiger partial charge in [0.15, 0.2) is 0 Å². The lowest BCUT2D eigenvalue weighted by Crippen LogP contribution is -2.15. The van der Waals surface area contributed by atoms with Crippen molar-refractivity contribution in [3.8, 4) is 55.8 Å². The van der Waals surface area contributed by atoms with Crippen LogP contribution in [-0.2, 0) is 5.41 Å². The summed E-state index contributed by atoms with van der Waals surface area (Å²) in [6.45, 7) is 4.69. The number of rotatable bonds is 4. The summed E-state index contributed by atoms with van der Waals surface area (Å²) in [7, 11) is 0. The van der Waals surface area contributed by atoms with E-state index in [1.54, 1.807) is 0 Å². The first-order valence-electron chi connectivity index (χ1n) is 20.3. The Morgan fingerprint density at radius 1 is 0.345 bits per heavy atom. The van der Waals surface area contributed by atoms with Crippen LogP contribution >= 0.6 is 0 Å². The van der Waals surface area contributed by atoms with Crippen molar-refractivity contribution in [2.24, 2.45) is 0 Å². The van der Waals surface area contributed by atoms with Gasteiger partial charge in [0.2, 0.25) is 0 Å². The number of fused-ring (bicyclic) bond motifs is 9. The van der Waals surface area contributed by atoms with E-state index < -0.39 is 0 Å². The minimum absolute atomic E-state index is 0.209. The van der Waals surface area contributed by atoms with Crippen LogP contribution in [0.5, 0.6) is 0 Å². The van der Waals surface area contributed by atoms with Crippen LogP contribution in [0.1, 0.15) is 25.0 Å². The molecule has 12 rings (SSSR count). The topological polar surface area (TPSA) is 13.1 Å². The average molecular weight is 739 g/mol. The Morgan fingerprint density at radius 2 is 0.793 bits per heavy atom. The summed E-state index contributed by atoms with van der Waals surface area (Å²) in [6, 6.07) is 71.6. The summed E-state index contributed by atoms with van der Waals surface area (Å²) in [5, 5.41) is 11.2. The molecular weight excluding hydrogens is 701 g/mol. The van der Waals surface area contributed by atoms with E-state index in [9.17, 15) is 0 Å². The molecule has 0 unspecified atom stereocenters. The largest absolute Gasteiger partial charge is 0.456 e. The smallest absolute Gasteiger partial charge is 0.139 e. The van der Waals surface area contributed by atoms with E-state index in [-0.39, 0.29) is 5.41 Å². The Balaban J connectivity index is 1.13. The maximum absolute atomic E-state index is 6.55. The summed E-state index contributed by atoms with van der Waals surface area (Å²) in [4.78, 5) is 0. The van der Waals surface area contributed by atoms with Crippen LogP contribution in [0, 0.1) is 0 Å². The van der Waals surface area contributed by atoms with Crippen LogP contribution in [-0.4, -0.2) is 0 Å².